The van der Waals surface area contributed by atoms with Crippen molar-refractivity contribution in [2.45, 2.75) is 55.4 Å². The molecule has 0 fully saturated rings. The fourth-order valence-electron chi connectivity index (χ4n) is 4.75. The Hall–Kier alpha value is -4.69. The molecule has 0 saturated heterocycles. The Morgan fingerprint density at radius 3 is 2.43 bits per heavy atom. The minimum absolute atomic E-state index is 0.118. The lowest BCUT2D eigenvalue weighted by atomic mass is 10.0. The van der Waals surface area contributed by atoms with Gasteiger partial charge in [-0.15, -0.1) is 6.42 Å². The Morgan fingerprint density at radius 1 is 1.07 bits per heavy atom. The maximum absolute atomic E-state index is 14.1. The van der Waals surface area contributed by atoms with Gasteiger partial charge in [0.05, 0.1) is 30.7 Å². The number of methoxy groups -OCH3 is 2. The number of hydrogen-bond donors (Lipinski definition) is 1. The van der Waals surface area contributed by atoms with Crippen LogP contribution in [-0.4, -0.2) is 47.3 Å². The van der Waals surface area contributed by atoms with Gasteiger partial charge in [-0.05, 0) is 48.2 Å². The van der Waals surface area contributed by atoms with Crippen molar-refractivity contribution >= 4 is 9.84 Å². The molecule has 0 aliphatic heterocycles. The lowest BCUT2D eigenvalue weighted by Gasteiger charge is -2.23. The van der Waals surface area contributed by atoms with Gasteiger partial charge in [0.25, 0.3) is 5.56 Å². The van der Waals surface area contributed by atoms with E-state index in [1.54, 1.807) is 30.3 Å². The van der Waals surface area contributed by atoms with Crippen molar-refractivity contribution in [1.82, 2.24) is 19.5 Å². The molecular weight excluding hydrogens is 556 g/mol. The molecule has 0 aliphatic carbocycles. The average Bonchev–Trinajstić information content (AvgIpc) is 3.01. The van der Waals surface area contributed by atoms with Crippen LogP contribution in [0.5, 0.6) is 17.8 Å². The number of aromatic nitrogens is 4. The molecule has 0 bridgehead atoms. The van der Waals surface area contributed by atoms with Crippen LogP contribution in [0.2, 0.25) is 0 Å². The lowest BCUT2D eigenvalue weighted by molar-refractivity contribution is 0.353. The quantitative estimate of drug-likeness (QED) is 0.250. The van der Waals surface area contributed by atoms with Gasteiger partial charge in [-0.1, -0.05) is 50.5 Å². The van der Waals surface area contributed by atoms with Gasteiger partial charge in [-0.2, -0.15) is 9.97 Å². The summed E-state index contributed by atoms with van der Waals surface area (Å²) < 4.78 is 39.4. The summed E-state index contributed by atoms with van der Waals surface area (Å²) in [5.74, 6) is 2.31. The summed E-state index contributed by atoms with van der Waals surface area (Å²) in [4.78, 5) is 25.6. The van der Waals surface area contributed by atoms with Gasteiger partial charge in [-0.25, -0.2) is 13.4 Å². The Kier molecular flexibility index (Phi) is 9.28. The van der Waals surface area contributed by atoms with Crippen molar-refractivity contribution < 1.29 is 23.0 Å². The van der Waals surface area contributed by atoms with E-state index in [-0.39, 0.29) is 16.8 Å². The van der Waals surface area contributed by atoms with Crippen molar-refractivity contribution in [1.29, 1.82) is 0 Å². The van der Waals surface area contributed by atoms with Crippen LogP contribution in [0.25, 0.3) is 11.1 Å². The number of ether oxygens (including phenoxy) is 2. The van der Waals surface area contributed by atoms with Crippen molar-refractivity contribution in [2.75, 3.05) is 14.2 Å². The molecule has 1 N–H and O–H groups in total. The van der Waals surface area contributed by atoms with E-state index in [4.69, 9.17) is 15.9 Å². The molecule has 0 amide bonds. The maximum Gasteiger partial charge on any atom is 0.319 e. The van der Waals surface area contributed by atoms with E-state index in [1.165, 1.54) is 37.1 Å². The molecule has 10 nitrogen and oxygen atoms in total. The largest absolute Gasteiger partial charge is 0.492 e. The molecule has 2 heterocycles. The number of unbranched alkanes of at least 4 members (excludes halogenated alkanes) is 1. The summed E-state index contributed by atoms with van der Waals surface area (Å²) in [6.45, 7) is 3.88. The summed E-state index contributed by atoms with van der Waals surface area (Å²) in [5.41, 5.74) is 1.61. The monoisotopic (exact) mass is 588 g/mol. The van der Waals surface area contributed by atoms with E-state index in [0.717, 1.165) is 12.0 Å². The normalized spacial score (nSPS) is 12.0. The van der Waals surface area contributed by atoms with Gasteiger partial charge in [0.15, 0.2) is 4.90 Å². The second kappa shape index (κ2) is 12.9. The molecule has 2 aromatic heterocycles. The summed E-state index contributed by atoms with van der Waals surface area (Å²) in [7, 11) is -1.61. The minimum atomic E-state index is -4.48. The molecule has 0 saturated carbocycles. The molecular formula is C31H32N4O6S. The molecule has 4 aromatic rings. The molecule has 2 aromatic carbocycles. The van der Waals surface area contributed by atoms with E-state index >= 15 is 0 Å². The molecule has 42 heavy (non-hydrogen) atoms. The second-order valence-electron chi connectivity index (χ2n) is 9.46. The Morgan fingerprint density at radius 2 is 1.81 bits per heavy atom. The van der Waals surface area contributed by atoms with Crippen LogP contribution in [0.3, 0.4) is 0 Å². The van der Waals surface area contributed by atoms with Gasteiger partial charge in [-0.3, -0.25) is 9.36 Å². The molecule has 0 aliphatic rings. The first-order valence-electron chi connectivity index (χ1n) is 13.4. The van der Waals surface area contributed by atoms with E-state index in [2.05, 4.69) is 20.9 Å². The zero-order chi connectivity index (χ0) is 30.4. The first-order chi connectivity index (χ1) is 20.2. The molecule has 11 heteroatoms. The van der Waals surface area contributed by atoms with Gasteiger partial charge in [0.1, 0.15) is 5.82 Å². The number of aromatic hydroxyl groups is 1. The third kappa shape index (κ3) is 5.85. The van der Waals surface area contributed by atoms with Gasteiger partial charge >= 0.3 is 6.01 Å². The number of sulfone groups is 1. The Labute approximate surface area is 245 Å². The first kappa shape index (κ1) is 30.3. The molecule has 0 spiro atoms. The van der Waals surface area contributed by atoms with Crippen LogP contribution in [0, 0.1) is 12.3 Å². The third-order valence-electron chi connectivity index (χ3n) is 6.87. The number of aryl methyl sites for hydroxylation is 1. The van der Waals surface area contributed by atoms with E-state index in [1.807, 2.05) is 19.9 Å². The van der Waals surface area contributed by atoms with Crippen molar-refractivity contribution in [3.8, 4) is 41.2 Å². The van der Waals surface area contributed by atoms with Crippen LogP contribution in [0.15, 0.2) is 69.3 Å². The molecule has 4 rings (SSSR count). The van der Waals surface area contributed by atoms with Crippen molar-refractivity contribution in [3.63, 3.8) is 0 Å². The number of rotatable bonds is 11. The average molecular weight is 589 g/mol. The standard InChI is InChI=1S/C31H32N4O6S/c1-6-9-13-26-33-28(36)27(30(37)35(26)25(8-3)22-12-10-11-20(7-2)18-22)42(38,39)23-16-14-21(15-17-23)24-19-32-31(41-5)34-29(24)40-4/h2,10-12,14-19,25,36H,6,8-9,13H2,1,3-5H3/t25-/m0/s1. The van der Waals surface area contributed by atoms with Gasteiger partial charge in [0.2, 0.25) is 21.6 Å². The summed E-state index contributed by atoms with van der Waals surface area (Å²) in [5, 5.41) is 10.9. The van der Waals surface area contributed by atoms with Crippen LogP contribution in [0.1, 0.15) is 56.1 Å². The molecule has 1 atom stereocenters. The topological polar surface area (TPSA) is 134 Å². The SMILES string of the molecule is C#Cc1cccc([C@H](CC)n2c(CCCC)nc(O)c(S(=O)(=O)c3ccc(-c4cnc(OC)nc4OC)cc3)c2=O)c1. The zero-order valence-electron chi connectivity index (χ0n) is 23.9. The fourth-order valence-corrected chi connectivity index (χ4v) is 6.10. The molecule has 0 radical (unpaired) electrons. The van der Waals surface area contributed by atoms with Crippen molar-refractivity contribution in [3.05, 3.63) is 82.0 Å². The highest BCUT2D eigenvalue weighted by Crippen LogP contribution is 2.32. The zero-order valence-corrected chi connectivity index (χ0v) is 24.7. The van der Waals surface area contributed by atoms with E-state index < -0.39 is 32.2 Å². The van der Waals surface area contributed by atoms with Crippen LogP contribution < -0.4 is 15.0 Å². The molecule has 218 valence electrons. The highest BCUT2D eigenvalue weighted by molar-refractivity contribution is 7.91. The Bertz CT molecular complexity index is 1790. The lowest BCUT2D eigenvalue weighted by Crippen LogP contribution is -2.33. The fraction of sp³-hybridized carbons (Fsp3) is 0.290. The molecule has 0 unspecified atom stereocenters. The van der Waals surface area contributed by atoms with E-state index in [0.29, 0.717) is 41.8 Å². The number of terminal acetylenes is 1. The highest BCUT2D eigenvalue weighted by atomic mass is 32.2. The third-order valence-corrected chi connectivity index (χ3v) is 8.66. The van der Waals surface area contributed by atoms with Crippen LogP contribution in [-0.2, 0) is 16.3 Å². The number of nitrogens with zero attached hydrogens (tertiary/aromatic N) is 4. The maximum atomic E-state index is 14.1. The van der Waals surface area contributed by atoms with Gasteiger partial charge in [0, 0.05) is 18.2 Å². The first-order valence-corrected chi connectivity index (χ1v) is 14.9. The smallest absolute Gasteiger partial charge is 0.319 e. The van der Waals surface area contributed by atoms with Crippen molar-refractivity contribution in [2.24, 2.45) is 0 Å². The minimum Gasteiger partial charge on any atom is -0.492 e. The van der Waals surface area contributed by atoms with E-state index in [9.17, 15) is 18.3 Å². The number of benzene rings is 2. The Balaban J connectivity index is 1.85. The van der Waals surface area contributed by atoms with Crippen LogP contribution >= 0.6 is 0 Å². The van der Waals surface area contributed by atoms with Gasteiger partial charge < -0.3 is 14.6 Å². The van der Waals surface area contributed by atoms with Crippen LogP contribution in [0.4, 0.5) is 0 Å². The second-order valence-corrected chi connectivity index (χ2v) is 11.3. The highest BCUT2D eigenvalue weighted by Gasteiger charge is 2.31. The summed E-state index contributed by atoms with van der Waals surface area (Å²) in [6.07, 6.45) is 9.45. The predicted octanol–water partition coefficient (Wildman–Crippen LogP) is 4.58. The summed E-state index contributed by atoms with van der Waals surface area (Å²) in [6, 6.07) is 12.5. The number of hydrogen-bond acceptors (Lipinski definition) is 9. The summed E-state index contributed by atoms with van der Waals surface area (Å²) >= 11 is 0. The predicted molar refractivity (Wildman–Crippen MR) is 158 cm³/mol.